The molecule has 3 nitrogen and oxygen atoms in total. The van der Waals surface area contributed by atoms with Crippen molar-refractivity contribution in [2.45, 2.75) is 6.92 Å². The molecule has 1 N–H and O–H groups in total. The van der Waals surface area contributed by atoms with Crippen LogP contribution in [0.25, 0.3) is 0 Å². The van der Waals surface area contributed by atoms with Gasteiger partial charge in [0.15, 0.2) is 0 Å². The first-order chi connectivity index (χ1) is 7.63. The van der Waals surface area contributed by atoms with E-state index in [0.717, 1.165) is 22.2 Å². The van der Waals surface area contributed by atoms with Crippen molar-refractivity contribution in [3.63, 3.8) is 0 Å². The van der Waals surface area contributed by atoms with Crippen LogP contribution in [0.2, 0.25) is 0 Å². The van der Waals surface area contributed by atoms with Crippen LogP contribution >= 0.6 is 22.6 Å². The molecule has 0 heterocycles. The van der Waals surface area contributed by atoms with Crippen LogP contribution in [-0.2, 0) is 0 Å². The summed E-state index contributed by atoms with van der Waals surface area (Å²) in [6.45, 7) is 4.67. The molecule has 1 aromatic carbocycles. The number of carbonyl (C=O) groups is 1. The monoisotopic (exact) mass is 332 g/mol. The lowest BCUT2D eigenvalue weighted by Gasteiger charge is -2.13. The Balaban J connectivity index is 2.41. The van der Waals surface area contributed by atoms with E-state index in [-0.39, 0.29) is 5.91 Å². The number of hydrogen-bond acceptors (Lipinski definition) is 2. The van der Waals surface area contributed by atoms with Crippen molar-refractivity contribution >= 4 is 28.5 Å². The van der Waals surface area contributed by atoms with Crippen molar-refractivity contribution in [2.75, 3.05) is 26.7 Å². The van der Waals surface area contributed by atoms with Gasteiger partial charge in [-0.2, -0.15) is 0 Å². The Morgan fingerprint density at radius 3 is 2.88 bits per heavy atom. The number of halogens is 1. The largest absolute Gasteiger partial charge is 0.351 e. The number of benzene rings is 1. The highest BCUT2D eigenvalue weighted by Gasteiger charge is 2.04. The molecule has 0 bridgehead atoms. The predicted molar refractivity (Wildman–Crippen MR) is 74.7 cm³/mol. The average Bonchev–Trinajstić information content (AvgIpc) is 2.28. The minimum Gasteiger partial charge on any atom is -0.351 e. The van der Waals surface area contributed by atoms with Crippen molar-refractivity contribution in [2.24, 2.45) is 0 Å². The highest BCUT2D eigenvalue weighted by molar-refractivity contribution is 14.1. The predicted octanol–water partition coefficient (Wildman–Crippen LogP) is 1.97. The number of rotatable bonds is 5. The smallest absolute Gasteiger partial charge is 0.251 e. The summed E-state index contributed by atoms with van der Waals surface area (Å²) in [6, 6.07) is 7.59. The summed E-state index contributed by atoms with van der Waals surface area (Å²) in [6.07, 6.45) is 0. The molecule has 0 fully saturated rings. The van der Waals surface area contributed by atoms with E-state index < -0.39 is 0 Å². The molecule has 0 saturated heterocycles. The summed E-state index contributed by atoms with van der Waals surface area (Å²) in [4.78, 5) is 13.9. The number of amides is 1. The third-order valence-corrected chi connectivity index (χ3v) is 3.08. The molecule has 0 unspecified atom stereocenters. The molecular weight excluding hydrogens is 315 g/mol. The van der Waals surface area contributed by atoms with E-state index in [2.05, 4.69) is 39.7 Å². The van der Waals surface area contributed by atoms with E-state index in [0.29, 0.717) is 6.54 Å². The van der Waals surface area contributed by atoms with Crippen LogP contribution in [0.15, 0.2) is 24.3 Å². The van der Waals surface area contributed by atoms with Crippen LogP contribution in [-0.4, -0.2) is 37.5 Å². The van der Waals surface area contributed by atoms with Crippen LogP contribution in [0.1, 0.15) is 17.3 Å². The van der Waals surface area contributed by atoms with Gasteiger partial charge >= 0.3 is 0 Å². The van der Waals surface area contributed by atoms with Crippen LogP contribution in [0, 0.1) is 3.57 Å². The van der Waals surface area contributed by atoms with E-state index in [1.807, 2.05) is 31.3 Å². The lowest BCUT2D eigenvalue weighted by Crippen LogP contribution is -2.32. The maximum absolute atomic E-state index is 11.7. The van der Waals surface area contributed by atoms with Crippen LogP contribution in [0.5, 0.6) is 0 Å². The maximum Gasteiger partial charge on any atom is 0.251 e. The maximum atomic E-state index is 11.7. The Hall–Kier alpha value is -0.620. The van der Waals surface area contributed by atoms with Gasteiger partial charge in [0.1, 0.15) is 0 Å². The first-order valence-electron chi connectivity index (χ1n) is 5.35. The second-order valence-corrected chi connectivity index (χ2v) is 4.91. The third-order valence-electron chi connectivity index (χ3n) is 2.41. The quantitative estimate of drug-likeness (QED) is 0.837. The van der Waals surface area contributed by atoms with Gasteiger partial charge in [-0.1, -0.05) is 13.0 Å². The zero-order valence-corrected chi connectivity index (χ0v) is 11.8. The number of nitrogens with one attached hydrogen (secondary N) is 1. The fourth-order valence-electron chi connectivity index (χ4n) is 1.25. The Morgan fingerprint density at radius 1 is 1.50 bits per heavy atom. The van der Waals surface area contributed by atoms with Crippen molar-refractivity contribution in [1.82, 2.24) is 10.2 Å². The highest BCUT2D eigenvalue weighted by Crippen LogP contribution is 2.07. The molecule has 0 saturated carbocycles. The summed E-state index contributed by atoms with van der Waals surface area (Å²) >= 11 is 2.20. The average molecular weight is 332 g/mol. The second-order valence-electron chi connectivity index (χ2n) is 3.66. The highest BCUT2D eigenvalue weighted by atomic mass is 127. The van der Waals surface area contributed by atoms with Crippen molar-refractivity contribution in [3.05, 3.63) is 33.4 Å². The molecular formula is C12H17IN2O. The van der Waals surface area contributed by atoms with Gasteiger partial charge in [-0.3, -0.25) is 4.79 Å². The van der Waals surface area contributed by atoms with Gasteiger partial charge < -0.3 is 10.2 Å². The number of hydrogen-bond donors (Lipinski definition) is 1. The summed E-state index contributed by atoms with van der Waals surface area (Å²) < 4.78 is 1.08. The van der Waals surface area contributed by atoms with Crippen molar-refractivity contribution in [3.8, 4) is 0 Å². The number of likely N-dealkylation sites (N-methyl/N-ethyl adjacent to an activating group) is 1. The van der Waals surface area contributed by atoms with Gasteiger partial charge in [-0.15, -0.1) is 0 Å². The first-order valence-corrected chi connectivity index (χ1v) is 6.43. The standard InChI is InChI=1S/C12H17IN2O/c1-3-15(2)8-7-14-12(16)10-5-4-6-11(13)9-10/h4-6,9H,3,7-8H2,1-2H3,(H,14,16). The van der Waals surface area contributed by atoms with Crippen LogP contribution in [0.4, 0.5) is 0 Å². The minimum absolute atomic E-state index is 0.00280. The molecule has 0 aliphatic rings. The normalized spacial score (nSPS) is 10.5. The van der Waals surface area contributed by atoms with Crippen LogP contribution in [0.3, 0.4) is 0 Å². The molecule has 0 radical (unpaired) electrons. The fraction of sp³-hybridized carbons (Fsp3) is 0.417. The van der Waals surface area contributed by atoms with Gasteiger partial charge in [0.05, 0.1) is 0 Å². The summed E-state index contributed by atoms with van der Waals surface area (Å²) in [7, 11) is 2.04. The van der Waals surface area contributed by atoms with Crippen molar-refractivity contribution < 1.29 is 4.79 Å². The van der Waals surface area contributed by atoms with Crippen molar-refractivity contribution in [1.29, 1.82) is 0 Å². The first kappa shape index (κ1) is 13.4. The number of carbonyl (C=O) groups excluding carboxylic acids is 1. The SMILES string of the molecule is CCN(C)CCNC(=O)c1cccc(I)c1. The second kappa shape index (κ2) is 6.85. The zero-order chi connectivity index (χ0) is 12.0. The molecule has 0 aromatic heterocycles. The van der Waals surface area contributed by atoms with Gasteiger partial charge in [0.25, 0.3) is 5.91 Å². The summed E-state index contributed by atoms with van der Waals surface area (Å²) in [5, 5.41) is 2.91. The molecule has 1 amide bonds. The Morgan fingerprint density at radius 2 is 2.25 bits per heavy atom. The molecule has 1 aromatic rings. The zero-order valence-electron chi connectivity index (χ0n) is 9.66. The fourth-order valence-corrected chi connectivity index (χ4v) is 1.79. The van der Waals surface area contributed by atoms with Crippen LogP contribution < -0.4 is 5.32 Å². The lowest BCUT2D eigenvalue weighted by atomic mass is 10.2. The molecule has 16 heavy (non-hydrogen) atoms. The molecule has 88 valence electrons. The molecule has 0 atom stereocenters. The minimum atomic E-state index is 0.00280. The Labute approximate surface area is 110 Å². The third kappa shape index (κ3) is 4.49. The lowest BCUT2D eigenvalue weighted by molar-refractivity contribution is 0.0950. The van der Waals surface area contributed by atoms with Gasteiger partial charge in [0, 0.05) is 22.2 Å². The molecule has 4 heteroatoms. The Bertz CT molecular complexity index is 355. The summed E-state index contributed by atoms with van der Waals surface area (Å²) in [5.41, 5.74) is 0.728. The van der Waals surface area contributed by atoms with E-state index in [9.17, 15) is 4.79 Å². The van der Waals surface area contributed by atoms with E-state index in [1.54, 1.807) is 0 Å². The topological polar surface area (TPSA) is 32.3 Å². The molecule has 0 spiro atoms. The number of nitrogens with zero attached hydrogens (tertiary/aromatic N) is 1. The Kier molecular flexibility index (Phi) is 5.76. The van der Waals surface area contributed by atoms with Gasteiger partial charge in [-0.25, -0.2) is 0 Å². The van der Waals surface area contributed by atoms with E-state index in [4.69, 9.17) is 0 Å². The van der Waals surface area contributed by atoms with Gasteiger partial charge in [-0.05, 0) is 54.4 Å². The molecule has 1 rings (SSSR count). The molecule has 0 aliphatic carbocycles. The van der Waals surface area contributed by atoms with E-state index >= 15 is 0 Å². The van der Waals surface area contributed by atoms with E-state index in [1.165, 1.54) is 0 Å². The van der Waals surface area contributed by atoms with Gasteiger partial charge in [0.2, 0.25) is 0 Å². The summed E-state index contributed by atoms with van der Waals surface area (Å²) in [5.74, 6) is 0.00280. The molecule has 0 aliphatic heterocycles.